The molecule has 1 aromatic carbocycles. The summed E-state index contributed by atoms with van der Waals surface area (Å²) < 4.78 is 7.33. The summed E-state index contributed by atoms with van der Waals surface area (Å²) in [6, 6.07) is 6.41. The third-order valence-electron chi connectivity index (χ3n) is 5.22. The summed E-state index contributed by atoms with van der Waals surface area (Å²) in [5.74, 6) is 0.178. The fourth-order valence-electron chi connectivity index (χ4n) is 4.47. The second-order valence-corrected chi connectivity index (χ2v) is 8.83. The van der Waals surface area contributed by atoms with Crippen molar-refractivity contribution in [3.8, 4) is 0 Å². The predicted molar refractivity (Wildman–Crippen MR) is 88.5 cm³/mol. The zero-order valence-corrected chi connectivity index (χ0v) is 15.0. The molecule has 1 heterocycles. The zero-order chi connectivity index (χ0) is 15.5. The summed E-state index contributed by atoms with van der Waals surface area (Å²) in [5.41, 5.74) is 1.57. The van der Waals surface area contributed by atoms with Gasteiger partial charge in [0.25, 0.3) is 0 Å². The molecule has 116 valence electrons. The molecule has 2 unspecified atom stereocenters. The fourth-order valence-corrected chi connectivity index (χ4v) is 4.87. The molecule has 21 heavy (non-hydrogen) atoms. The number of hydrogen-bond donors (Lipinski definition) is 1. The zero-order valence-electron chi connectivity index (χ0n) is 13.4. The molecule has 0 amide bonds. The molecule has 0 spiro atoms. The molecule has 2 nitrogen and oxygen atoms in total. The van der Waals surface area contributed by atoms with Crippen molar-refractivity contribution in [1.82, 2.24) is 0 Å². The van der Waals surface area contributed by atoms with Crippen LogP contribution in [0.5, 0.6) is 0 Å². The highest BCUT2D eigenvalue weighted by molar-refractivity contribution is 9.10. The number of aliphatic hydroxyl groups is 1. The predicted octanol–water partition coefficient (Wildman–Crippen LogP) is 4.26. The van der Waals surface area contributed by atoms with Crippen molar-refractivity contribution in [1.29, 1.82) is 0 Å². The molecule has 0 bridgehead atoms. The summed E-state index contributed by atoms with van der Waals surface area (Å²) in [4.78, 5) is 0. The lowest BCUT2D eigenvalue weighted by Gasteiger charge is -2.43. The lowest BCUT2D eigenvalue weighted by atomic mass is 9.67. The molecule has 1 N–H and O–H groups in total. The average Bonchev–Trinajstić information content (AvgIpc) is 2.58. The topological polar surface area (TPSA) is 29.5 Å². The van der Waals surface area contributed by atoms with E-state index in [1.807, 2.05) is 0 Å². The Bertz CT molecular complexity index is 564. The largest absolute Gasteiger partial charge is 0.389 e. The first-order valence-corrected chi connectivity index (χ1v) is 8.61. The normalized spacial score (nSPS) is 33.7. The smallest absolute Gasteiger partial charge is 0.0747 e. The third-order valence-corrected chi connectivity index (χ3v) is 5.71. The van der Waals surface area contributed by atoms with Gasteiger partial charge in [-0.25, -0.2) is 0 Å². The molecule has 2 aliphatic rings. The molecule has 0 aromatic heterocycles. The monoisotopic (exact) mass is 352 g/mol. The Kier molecular flexibility index (Phi) is 3.55. The first-order chi connectivity index (χ1) is 9.61. The van der Waals surface area contributed by atoms with Gasteiger partial charge < -0.3 is 9.84 Å². The van der Waals surface area contributed by atoms with Crippen LogP contribution >= 0.6 is 15.9 Å². The van der Waals surface area contributed by atoms with E-state index in [2.05, 4.69) is 61.8 Å². The second-order valence-electron chi connectivity index (χ2n) is 7.92. The molecule has 1 aliphatic heterocycles. The van der Waals surface area contributed by atoms with Crippen molar-refractivity contribution in [3.63, 3.8) is 0 Å². The Balaban J connectivity index is 1.91. The Hall–Kier alpha value is -0.380. The Morgan fingerprint density at radius 1 is 1.19 bits per heavy atom. The minimum atomic E-state index is -0.655. The van der Waals surface area contributed by atoms with Gasteiger partial charge in [0.1, 0.15) is 0 Å². The number of ether oxygens (including phenoxy) is 1. The fraction of sp³-hybridized carbons (Fsp3) is 0.667. The van der Waals surface area contributed by atoms with Crippen molar-refractivity contribution < 1.29 is 9.84 Å². The Morgan fingerprint density at radius 3 is 2.52 bits per heavy atom. The molecule has 3 rings (SSSR count). The van der Waals surface area contributed by atoms with Gasteiger partial charge in [0.2, 0.25) is 0 Å². The molecule has 0 saturated carbocycles. The Labute approximate surface area is 136 Å². The molecule has 1 fully saturated rings. The highest BCUT2D eigenvalue weighted by Crippen LogP contribution is 2.50. The summed E-state index contributed by atoms with van der Waals surface area (Å²) in [6.45, 7) is 8.51. The van der Waals surface area contributed by atoms with Crippen molar-refractivity contribution in [3.05, 3.63) is 33.8 Å². The standard InChI is InChI=1S/C18H25BrO2/c1-16(2)11-15(17(3,4)21-16)18(20)8-7-12-9-14(19)6-5-13(12)10-18/h5-6,9,15,20H,7-8,10-11H2,1-4H3. The van der Waals surface area contributed by atoms with Gasteiger partial charge >= 0.3 is 0 Å². The SMILES string of the molecule is CC1(C)CC(C2(O)CCc3cc(Br)ccc3C2)C(C)(C)O1. The molecular formula is C18H25BrO2. The molecular weight excluding hydrogens is 328 g/mol. The van der Waals surface area contributed by atoms with Crippen LogP contribution in [0.1, 0.15) is 51.7 Å². The van der Waals surface area contributed by atoms with Crippen LogP contribution in [0.3, 0.4) is 0 Å². The first kappa shape index (κ1) is 15.5. The quantitative estimate of drug-likeness (QED) is 0.817. The third kappa shape index (κ3) is 2.80. The van der Waals surface area contributed by atoms with Gasteiger partial charge in [0.15, 0.2) is 0 Å². The number of aryl methyl sites for hydroxylation is 1. The van der Waals surface area contributed by atoms with Crippen molar-refractivity contribution in [2.24, 2.45) is 5.92 Å². The van der Waals surface area contributed by atoms with E-state index in [1.54, 1.807) is 0 Å². The van der Waals surface area contributed by atoms with Crippen LogP contribution in [0, 0.1) is 5.92 Å². The number of benzene rings is 1. The highest BCUT2D eigenvalue weighted by atomic mass is 79.9. The molecule has 3 heteroatoms. The van der Waals surface area contributed by atoms with Crippen molar-refractivity contribution in [2.45, 2.75) is 70.2 Å². The van der Waals surface area contributed by atoms with Crippen molar-refractivity contribution in [2.75, 3.05) is 0 Å². The minimum absolute atomic E-state index is 0.149. The number of rotatable bonds is 1. The van der Waals surface area contributed by atoms with Crippen LogP contribution in [-0.2, 0) is 17.6 Å². The van der Waals surface area contributed by atoms with E-state index >= 15 is 0 Å². The summed E-state index contributed by atoms with van der Waals surface area (Å²) in [7, 11) is 0. The highest BCUT2D eigenvalue weighted by Gasteiger charge is 2.55. The molecule has 1 aromatic rings. The molecule has 2 atom stereocenters. The second kappa shape index (κ2) is 4.81. The van der Waals surface area contributed by atoms with Gasteiger partial charge in [-0.15, -0.1) is 0 Å². The molecule has 1 aliphatic carbocycles. The van der Waals surface area contributed by atoms with Gasteiger partial charge in [-0.05, 0) is 70.2 Å². The maximum absolute atomic E-state index is 11.4. The van der Waals surface area contributed by atoms with Crippen molar-refractivity contribution >= 4 is 15.9 Å². The maximum atomic E-state index is 11.4. The van der Waals surface area contributed by atoms with Crippen LogP contribution in [-0.4, -0.2) is 21.9 Å². The minimum Gasteiger partial charge on any atom is -0.389 e. The van der Waals surface area contributed by atoms with Crippen LogP contribution in [0.15, 0.2) is 22.7 Å². The van der Waals surface area contributed by atoms with Gasteiger partial charge in [-0.3, -0.25) is 0 Å². The van der Waals surface area contributed by atoms with E-state index in [1.165, 1.54) is 11.1 Å². The molecule has 1 saturated heterocycles. The maximum Gasteiger partial charge on any atom is 0.0747 e. The Morgan fingerprint density at radius 2 is 1.90 bits per heavy atom. The van der Waals surface area contributed by atoms with E-state index < -0.39 is 5.60 Å². The van der Waals surface area contributed by atoms with Gasteiger partial charge in [0, 0.05) is 16.8 Å². The number of halogens is 1. The van der Waals surface area contributed by atoms with E-state index in [4.69, 9.17) is 4.74 Å². The average molecular weight is 353 g/mol. The summed E-state index contributed by atoms with van der Waals surface area (Å²) in [5, 5.41) is 11.4. The summed E-state index contributed by atoms with van der Waals surface area (Å²) in [6.07, 6.45) is 3.42. The van der Waals surface area contributed by atoms with Gasteiger partial charge in [-0.1, -0.05) is 22.0 Å². The number of fused-ring (bicyclic) bond motifs is 1. The summed E-state index contributed by atoms with van der Waals surface area (Å²) >= 11 is 3.54. The van der Waals surface area contributed by atoms with E-state index in [-0.39, 0.29) is 17.1 Å². The van der Waals surface area contributed by atoms with Crippen LogP contribution in [0.2, 0.25) is 0 Å². The van der Waals surface area contributed by atoms with E-state index in [0.717, 1.165) is 30.2 Å². The van der Waals surface area contributed by atoms with Crippen LogP contribution in [0.25, 0.3) is 0 Å². The van der Waals surface area contributed by atoms with E-state index in [0.29, 0.717) is 0 Å². The lowest BCUT2D eigenvalue weighted by molar-refractivity contribution is -0.117. The van der Waals surface area contributed by atoms with E-state index in [9.17, 15) is 5.11 Å². The lowest BCUT2D eigenvalue weighted by Crippen LogP contribution is -2.50. The number of hydrogen-bond acceptors (Lipinski definition) is 2. The van der Waals surface area contributed by atoms with Crippen LogP contribution in [0.4, 0.5) is 0 Å². The molecule has 0 radical (unpaired) electrons. The van der Waals surface area contributed by atoms with Gasteiger partial charge in [0.05, 0.1) is 16.8 Å². The van der Waals surface area contributed by atoms with Gasteiger partial charge in [-0.2, -0.15) is 0 Å². The first-order valence-electron chi connectivity index (χ1n) is 7.81. The van der Waals surface area contributed by atoms with Crippen LogP contribution < -0.4 is 0 Å².